The molecule has 0 unspecified atom stereocenters. The van der Waals surface area contributed by atoms with Crippen LogP contribution in [-0.4, -0.2) is 28.9 Å². The van der Waals surface area contributed by atoms with Crippen LogP contribution in [0.5, 0.6) is 11.5 Å². The summed E-state index contributed by atoms with van der Waals surface area (Å²) in [5.41, 5.74) is 1.73. The average Bonchev–Trinajstić information content (AvgIpc) is 2.76. The Morgan fingerprint density at radius 3 is 2.77 bits per heavy atom. The Balaban J connectivity index is 2.13. The van der Waals surface area contributed by atoms with Crippen LogP contribution < -0.4 is 14.9 Å². The topological polar surface area (TPSA) is 77.8 Å². The van der Waals surface area contributed by atoms with E-state index in [2.05, 4.69) is 13.8 Å². The minimum Gasteiger partial charge on any atom is -0.493 e. The summed E-state index contributed by atoms with van der Waals surface area (Å²) < 4.78 is 13.6. The van der Waals surface area contributed by atoms with Crippen LogP contribution in [-0.2, 0) is 13.0 Å². The molecule has 1 N–H and O–H groups in total. The molecule has 6 heteroatoms. The van der Waals surface area contributed by atoms with E-state index in [0.29, 0.717) is 37.1 Å². The van der Waals surface area contributed by atoms with Crippen molar-refractivity contribution in [1.29, 1.82) is 0 Å². The summed E-state index contributed by atoms with van der Waals surface area (Å²) in [6.45, 7) is 7.69. The zero-order valence-corrected chi connectivity index (χ0v) is 15.2. The second kappa shape index (κ2) is 7.23. The van der Waals surface area contributed by atoms with E-state index in [-0.39, 0.29) is 5.56 Å². The van der Waals surface area contributed by atoms with E-state index in [1.165, 1.54) is 12.3 Å². The first-order valence-electron chi connectivity index (χ1n) is 8.81. The van der Waals surface area contributed by atoms with Crippen molar-refractivity contribution in [3.05, 3.63) is 45.7 Å². The van der Waals surface area contributed by atoms with Crippen LogP contribution in [0.4, 0.5) is 0 Å². The molecule has 0 atom stereocenters. The maximum Gasteiger partial charge on any atom is 0.341 e. The summed E-state index contributed by atoms with van der Waals surface area (Å²) in [7, 11) is 0. The van der Waals surface area contributed by atoms with E-state index in [1.54, 1.807) is 4.57 Å². The fraction of sp³-hybridized carbons (Fsp3) is 0.400. The second-order valence-corrected chi connectivity index (χ2v) is 6.80. The first kappa shape index (κ1) is 18.0. The summed E-state index contributed by atoms with van der Waals surface area (Å²) in [5, 5.41) is 9.19. The van der Waals surface area contributed by atoms with Gasteiger partial charge in [0.15, 0.2) is 5.43 Å². The first-order chi connectivity index (χ1) is 12.4. The number of pyridine rings is 1. The average molecular weight is 357 g/mol. The third-order valence-corrected chi connectivity index (χ3v) is 4.34. The molecule has 0 radical (unpaired) electrons. The summed E-state index contributed by atoms with van der Waals surface area (Å²) in [6.07, 6.45) is 2.17. The van der Waals surface area contributed by atoms with Gasteiger partial charge in [-0.05, 0) is 24.0 Å². The van der Waals surface area contributed by atoms with Gasteiger partial charge in [-0.25, -0.2) is 4.79 Å². The fourth-order valence-corrected chi connectivity index (χ4v) is 3.00. The van der Waals surface area contributed by atoms with Gasteiger partial charge in [-0.2, -0.15) is 0 Å². The third kappa shape index (κ3) is 3.45. The van der Waals surface area contributed by atoms with Crippen LogP contribution in [0.1, 0.15) is 36.7 Å². The Morgan fingerprint density at radius 1 is 1.35 bits per heavy atom. The molecule has 0 bridgehead atoms. The Morgan fingerprint density at radius 2 is 2.12 bits per heavy atom. The number of carboxylic acids is 1. The lowest BCUT2D eigenvalue weighted by atomic mass is 10.0. The number of fused-ring (bicyclic) bond motifs is 3. The summed E-state index contributed by atoms with van der Waals surface area (Å²) in [5.74, 6) is 0.628. The smallest absolute Gasteiger partial charge is 0.341 e. The number of hydrogen-bond donors (Lipinski definition) is 1. The Hall–Kier alpha value is -2.76. The van der Waals surface area contributed by atoms with Crippen LogP contribution in [0, 0.1) is 5.92 Å². The molecule has 0 saturated heterocycles. The SMILES string of the molecule is CCc1cc2c(cc1OCC(C)C)OCCn1cc(C(=O)O)c(=O)cc1-2. The van der Waals surface area contributed by atoms with E-state index in [0.717, 1.165) is 23.3 Å². The highest BCUT2D eigenvalue weighted by molar-refractivity contribution is 5.87. The minimum absolute atomic E-state index is 0.232. The van der Waals surface area contributed by atoms with Crippen LogP contribution in [0.25, 0.3) is 11.3 Å². The van der Waals surface area contributed by atoms with E-state index in [4.69, 9.17) is 9.47 Å². The highest BCUT2D eigenvalue weighted by Crippen LogP contribution is 2.38. The largest absolute Gasteiger partial charge is 0.493 e. The number of aromatic carboxylic acids is 1. The van der Waals surface area contributed by atoms with Gasteiger partial charge in [-0.15, -0.1) is 0 Å². The number of rotatable bonds is 5. The van der Waals surface area contributed by atoms with Crippen molar-refractivity contribution in [2.75, 3.05) is 13.2 Å². The number of aromatic nitrogens is 1. The highest BCUT2D eigenvalue weighted by atomic mass is 16.5. The summed E-state index contributed by atoms with van der Waals surface area (Å²) >= 11 is 0. The Bertz CT molecular complexity index is 898. The van der Waals surface area contributed by atoms with Crippen LogP contribution >= 0.6 is 0 Å². The molecule has 138 valence electrons. The van der Waals surface area contributed by atoms with Crippen molar-refractivity contribution in [1.82, 2.24) is 4.57 Å². The van der Waals surface area contributed by atoms with E-state index >= 15 is 0 Å². The molecule has 0 fully saturated rings. The van der Waals surface area contributed by atoms with Crippen LogP contribution in [0.2, 0.25) is 0 Å². The molecule has 1 aliphatic rings. The van der Waals surface area contributed by atoms with Gasteiger partial charge >= 0.3 is 5.97 Å². The molecule has 6 nitrogen and oxygen atoms in total. The van der Waals surface area contributed by atoms with Gasteiger partial charge in [-0.1, -0.05) is 20.8 Å². The van der Waals surface area contributed by atoms with Crippen LogP contribution in [0.15, 0.2) is 29.2 Å². The van der Waals surface area contributed by atoms with Crippen molar-refractivity contribution in [2.24, 2.45) is 5.92 Å². The van der Waals surface area contributed by atoms with Crippen molar-refractivity contribution < 1.29 is 19.4 Å². The number of carbonyl (C=O) groups is 1. The maximum absolute atomic E-state index is 12.2. The molecule has 0 amide bonds. The van der Waals surface area contributed by atoms with E-state index < -0.39 is 11.4 Å². The van der Waals surface area contributed by atoms with Crippen molar-refractivity contribution in [3.63, 3.8) is 0 Å². The van der Waals surface area contributed by atoms with Crippen LogP contribution in [0.3, 0.4) is 0 Å². The summed E-state index contributed by atoms with van der Waals surface area (Å²) in [4.78, 5) is 23.4. The number of carboxylic acid groups (broad SMARTS) is 1. The van der Waals surface area contributed by atoms with Gasteiger partial charge in [-0.3, -0.25) is 4.79 Å². The molecular weight excluding hydrogens is 334 g/mol. The molecule has 0 spiro atoms. The number of ether oxygens (including phenoxy) is 2. The molecule has 0 aliphatic carbocycles. The number of nitrogens with zero attached hydrogens (tertiary/aromatic N) is 1. The van der Waals surface area contributed by atoms with Crippen molar-refractivity contribution >= 4 is 5.97 Å². The van der Waals surface area contributed by atoms with E-state index in [1.807, 2.05) is 19.1 Å². The number of benzene rings is 1. The standard InChI is InChI=1S/C20H23NO5/c1-4-13-7-14-16-8-17(22)15(20(23)24)10-21(16)5-6-25-19(14)9-18(13)26-11-12(2)3/h7-10,12H,4-6,11H2,1-3H3,(H,23,24). The van der Waals surface area contributed by atoms with Gasteiger partial charge in [0.1, 0.15) is 23.7 Å². The fourth-order valence-electron chi connectivity index (χ4n) is 3.00. The molecule has 1 aromatic carbocycles. The molecule has 1 aliphatic heterocycles. The predicted molar refractivity (Wildman–Crippen MR) is 98.3 cm³/mol. The quantitative estimate of drug-likeness (QED) is 0.889. The van der Waals surface area contributed by atoms with Gasteiger partial charge in [0.05, 0.1) is 18.8 Å². The molecule has 3 rings (SSSR count). The normalized spacial score (nSPS) is 12.8. The van der Waals surface area contributed by atoms with E-state index in [9.17, 15) is 14.7 Å². The molecule has 2 aromatic rings. The van der Waals surface area contributed by atoms with Crippen molar-refractivity contribution in [3.8, 4) is 22.8 Å². The molecule has 26 heavy (non-hydrogen) atoms. The van der Waals surface area contributed by atoms with Crippen molar-refractivity contribution in [2.45, 2.75) is 33.7 Å². The van der Waals surface area contributed by atoms with Gasteiger partial charge in [0.25, 0.3) is 0 Å². The van der Waals surface area contributed by atoms with Gasteiger partial charge < -0.3 is 19.1 Å². The maximum atomic E-state index is 12.2. The highest BCUT2D eigenvalue weighted by Gasteiger charge is 2.21. The third-order valence-electron chi connectivity index (χ3n) is 4.34. The lowest BCUT2D eigenvalue weighted by molar-refractivity contribution is 0.0694. The molecule has 0 saturated carbocycles. The monoisotopic (exact) mass is 357 g/mol. The molecule has 1 aromatic heterocycles. The number of aryl methyl sites for hydroxylation is 1. The predicted octanol–water partition coefficient (Wildman–Crippen LogP) is 3.20. The molecular formula is C20H23NO5. The lowest BCUT2D eigenvalue weighted by Crippen LogP contribution is -2.19. The van der Waals surface area contributed by atoms with Gasteiger partial charge in [0, 0.05) is 23.9 Å². The first-order valence-corrected chi connectivity index (χ1v) is 8.81. The number of hydrogen-bond acceptors (Lipinski definition) is 4. The Kier molecular flexibility index (Phi) is 5.02. The molecule has 2 heterocycles. The second-order valence-electron chi connectivity index (χ2n) is 6.80. The zero-order chi connectivity index (χ0) is 18.8. The van der Waals surface area contributed by atoms with Gasteiger partial charge in [0.2, 0.25) is 0 Å². The Labute approximate surface area is 152 Å². The zero-order valence-electron chi connectivity index (χ0n) is 15.2. The minimum atomic E-state index is -1.22. The summed E-state index contributed by atoms with van der Waals surface area (Å²) in [6, 6.07) is 5.23. The lowest BCUT2D eigenvalue weighted by Gasteiger charge is -2.17.